The SMILES string of the molecule is CNC(=O)c1ccccc1Nc1nc(Nc2ccc(CNc3nccc(CCOC(N)=O)n3)cc2)ncc1C(F)(F)F. The van der Waals surface area contributed by atoms with Gasteiger partial charge in [0.1, 0.15) is 11.4 Å². The van der Waals surface area contributed by atoms with E-state index < -0.39 is 29.6 Å². The molecular weight excluding hydrogens is 555 g/mol. The lowest BCUT2D eigenvalue weighted by atomic mass is 10.1. The Bertz CT molecular complexity index is 1550. The molecule has 42 heavy (non-hydrogen) atoms. The molecule has 2 heterocycles. The first-order chi connectivity index (χ1) is 20.1. The Balaban J connectivity index is 1.44. The summed E-state index contributed by atoms with van der Waals surface area (Å²) >= 11 is 0. The van der Waals surface area contributed by atoms with Crippen LogP contribution in [0.15, 0.2) is 67.0 Å². The van der Waals surface area contributed by atoms with Gasteiger partial charge in [0, 0.05) is 43.8 Å². The van der Waals surface area contributed by atoms with E-state index in [2.05, 4.69) is 41.2 Å². The Labute approximate surface area is 238 Å². The molecule has 0 unspecified atom stereocenters. The first-order valence-electron chi connectivity index (χ1n) is 12.5. The minimum Gasteiger partial charge on any atom is -0.449 e. The Hall–Kier alpha value is -5.47. The summed E-state index contributed by atoms with van der Waals surface area (Å²) < 4.78 is 45.9. The monoisotopic (exact) mass is 581 g/mol. The number of rotatable bonds is 11. The zero-order chi connectivity index (χ0) is 30.1. The van der Waals surface area contributed by atoms with E-state index in [0.29, 0.717) is 36.5 Å². The van der Waals surface area contributed by atoms with Crippen LogP contribution in [0.4, 0.5) is 47.1 Å². The van der Waals surface area contributed by atoms with Crippen molar-refractivity contribution in [2.45, 2.75) is 19.1 Å². The van der Waals surface area contributed by atoms with Gasteiger partial charge in [0.15, 0.2) is 0 Å². The number of nitrogens with one attached hydrogen (secondary N) is 4. The molecule has 2 aromatic carbocycles. The van der Waals surface area contributed by atoms with Crippen LogP contribution in [0.5, 0.6) is 0 Å². The highest BCUT2D eigenvalue weighted by molar-refractivity contribution is 6.00. The maximum atomic E-state index is 13.7. The van der Waals surface area contributed by atoms with Gasteiger partial charge in [-0.25, -0.2) is 19.7 Å². The summed E-state index contributed by atoms with van der Waals surface area (Å²) in [7, 11) is 1.42. The number of carbonyl (C=O) groups is 2. The summed E-state index contributed by atoms with van der Waals surface area (Å²) in [4.78, 5) is 39.3. The number of primary amides is 1. The van der Waals surface area contributed by atoms with Crippen LogP contribution in [-0.2, 0) is 23.9 Å². The predicted octanol–water partition coefficient (Wildman–Crippen LogP) is 4.38. The molecule has 6 N–H and O–H groups in total. The van der Waals surface area contributed by atoms with Crippen molar-refractivity contribution in [3.63, 3.8) is 0 Å². The fourth-order valence-electron chi connectivity index (χ4n) is 3.69. The molecule has 0 bridgehead atoms. The number of ether oxygens (including phenoxy) is 1. The molecule has 218 valence electrons. The number of hydrogen-bond donors (Lipinski definition) is 5. The number of nitrogens with zero attached hydrogens (tertiary/aromatic N) is 4. The third-order valence-electron chi connectivity index (χ3n) is 5.72. The lowest BCUT2D eigenvalue weighted by Crippen LogP contribution is -2.20. The Morgan fingerprint density at radius 3 is 2.43 bits per heavy atom. The summed E-state index contributed by atoms with van der Waals surface area (Å²) in [6.45, 7) is 0.487. The highest BCUT2D eigenvalue weighted by Crippen LogP contribution is 2.36. The Morgan fingerprint density at radius 2 is 1.71 bits per heavy atom. The summed E-state index contributed by atoms with van der Waals surface area (Å²) in [5.41, 5.74) is 6.23. The van der Waals surface area contributed by atoms with E-state index in [0.717, 1.165) is 5.56 Å². The molecule has 0 aliphatic heterocycles. The molecule has 4 rings (SSSR count). The van der Waals surface area contributed by atoms with Crippen LogP contribution < -0.4 is 27.0 Å². The zero-order valence-electron chi connectivity index (χ0n) is 22.2. The first-order valence-corrected chi connectivity index (χ1v) is 12.5. The number of nitrogens with two attached hydrogens (primary N) is 1. The van der Waals surface area contributed by atoms with Crippen molar-refractivity contribution in [2.24, 2.45) is 5.73 Å². The average molecular weight is 582 g/mol. The van der Waals surface area contributed by atoms with Gasteiger partial charge in [-0.15, -0.1) is 0 Å². The van der Waals surface area contributed by atoms with E-state index in [1.54, 1.807) is 48.7 Å². The summed E-state index contributed by atoms with van der Waals surface area (Å²) in [5.74, 6) is -0.687. The van der Waals surface area contributed by atoms with Crippen LogP contribution >= 0.6 is 0 Å². The fraction of sp³-hybridized carbons (Fsp3) is 0.185. The van der Waals surface area contributed by atoms with Gasteiger partial charge in [0.2, 0.25) is 11.9 Å². The molecule has 0 aliphatic rings. The topological polar surface area (TPSA) is 169 Å². The molecule has 2 amide bonds. The quantitative estimate of drug-likeness (QED) is 0.171. The van der Waals surface area contributed by atoms with Crippen LogP contribution in [0.25, 0.3) is 0 Å². The third-order valence-corrected chi connectivity index (χ3v) is 5.72. The fourth-order valence-corrected chi connectivity index (χ4v) is 3.69. The smallest absolute Gasteiger partial charge is 0.421 e. The second-order valence-corrected chi connectivity index (χ2v) is 8.67. The van der Waals surface area contributed by atoms with Crippen LogP contribution in [0.3, 0.4) is 0 Å². The van der Waals surface area contributed by atoms with Gasteiger partial charge in [0.05, 0.1) is 17.9 Å². The molecule has 0 spiro atoms. The molecule has 12 nitrogen and oxygen atoms in total. The maximum absolute atomic E-state index is 13.7. The number of amides is 2. The zero-order valence-corrected chi connectivity index (χ0v) is 22.2. The second-order valence-electron chi connectivity index (χ2n) is 8.67. The number of halogens is 3. The van der Waals surface area contributed by atoms with Crippen molar-refractivity contribution >= 4 is 41.1 Å². The third kappa shape index (κ3) is 8.03. The van der Waals surface area contributed by atoms with Crippen LogP contribution in [0, 0.1) is 0 Å². The van der Waals surface area contributed by atoms with Gasteiger partial charge in [-0.3, -0.25) is 4.79 Å². The molecule has 15 heteroatoms. The minimum atomic E-state index is -4.74. The Kier molecular flexibility index (Phi) is 9.31. The van der Waals surface area contributed by atoms with E-state index in [-0.39, 0.29) is 23.8 Å². The molecule has 0 aliphatic carbocycles. The van der Waals surface area contributed by atoms with Gasteiger partial charge in [-0.1, -0.05) is 24.3 Å². The highest BCUT2D eigenvalue weighted by Gasteiger charge is 2.35. The average Bonchev–Trinajstić information content (AvgIpc) is 2.96. The van der Waals surface area contributed by atoms with E-state index in [1.165, 1.54) is 19.2 Å². The molecule has 0 atom stereocenters. The molecule has 4 aromatic rings. The van der Waals surface area contributed by atoms with Gasteiger partial charge >= 0.3 is 12.3 Å². The van der Waals surface area contributed by atoms with E-state index in [9.17, 15) is 22.8 Å². The van der Waals surface area contributed by atoms with Crippen molar-refractivity contribution in [2.75, 3.05) is 29.6 Å². The Morgan fingerprint density at radius 1 is 0.952 bits per heavy atom. The summed E-state index contributed by atoms with van der Waals surface area (Å²) in [5, 5.41) is 11.1. The van der Waals surface area contributed by atoms with Crippen LogP contribution in [0.1, 0.15) is 27.2 Å². The minimum absolute atomic E-state index is 0.0840. The summed E-state index contributed by atoms with van der Waals surface area (Å²) in [6.07, 6.45) is -2.97. The number of hydrogen-bond acceptors (Lipinski definition) is 10. The predicted molar refractivity (Wildman–Crippen MR) is 148 cm³/mol. The van der Waals surface area contributed by atoms with Crippen LogP contribution in [0.2, 0.25) is 0 Å². The standard InChI is InChI=1S/C27H26F3N9O3/c1-32-23(40)19-4-2-3-5-21(19)38-22-20(27(28,29)30)15-35-26(39-22)37-17-8-6-16(7-9-17)14-34-25-33-12-10-18(36-25)11-13-42-24(31)41/h2-10,12,15H,11,13-14H2,1H3,(H2,31,41)(H,32,40)(H,33,34,36)(H2,35,37,38,39). The van der Waals surface area contributed by atoms with Crippen molar-refractivity contribution in [3.05, 3.63) is 89.4 Å². The van der Waals surface area contributed by atoms with Crippen LogP contribution in [-0.4, -0.2) is 45.6 Å². The first kappa shape index (κ1) is 29.5. The molecule has 2 aromatic heterocycles. The number of anilines is 5. The van der Waals surface area contributed by atoms with Gasteiger partial charge in [-0.05, 0) is 35.9 Å². The van der Waals surface area contributed by atoms with E-state index >= 15 is 0 Å². The number of alkyl halides is 3. The van der Waals surface area contributed by atoms with Gasteiger partial charge in [0.25, 0.3) is 5.91 Å². The number of para-hydroxylation sites is 1. The van der Waals surface area contributed by atoms with Gasteiger partial charge < -0.3 is 31.7 Å². The molecule has 0 radical (unpaired) electrons. The lowest BCUT2D eigenvalue weighted by Gasteiger charge is -2.16. The van der Waals surface area contributed by atoms with Gasteiger partial charge in [-0.2, -0.15) is 18.2 Å². The van der Waals surface area contributed by atoms with Crippen molar-refractivity contribution < 1.29 is 27.5 Å². The normalized spacial score (nSPS) is 11.0. The lowest BCUT2D eigenvalue weighted by molar-refractivity contribution is -0.137. The number of carbonyl (C=O) groups excluding carboxylic acids is 2. The number of aromatic nitrogens is 4. The second kappa shape index (κ2) is 13.3. The maximum Gasteiger partial charge on any atom is 0.421 e. The van der Waals surface area contributed by atoms with Crippen molar-refractivity contribution in [1.29, 1.82) is 0 Å². The summed E-state index contributed by atoms with van der Waals surface area (Å²) in [6, 6.07) is 14.9. The van der Waals surface area contributed by atoms with Crippen molar-refractivity contribution in [1.82, 2.24) is 25.3 Å². The van der Waals surface area contributed by atoms with E-state index in [4.69, 9.17) is 10.5 Å². The number of benzene rings is 2. The van der Waals surface area contributed by atoms with E-state index in [1.807, 2.05) is 0 Å². The molecule has 0 saturated heterocycles. The van der Waals surface area contributed by atoms with Crippen molar-refractivity contribution in [3.8, 4) is 0 Å². The molecule has 0 saturated carbocycles. The molecular formula is C27H26F3N9O3. The molecule has 0 fully saturated rings. The largest absolute Gasteiger partial charge is 0.449 e. The highest BCUT2D eigenvalue weighted by atomic mass is 19.4.